The second-order valence-electron chi connectivity index (χ2n) is 7.14. The minimum Gasteiger partial charge on any atom is -0.310 e. The van der Waals surface area contributed by atoms with Crippen LogP contribution in [0.5, 0.6) is 0 Å². The second-order valence-corrected chi connectivity index (χ2v) is 9.41. The van der Waals surface area contributed by atoms with Crippen LogP contribution in [0.15, 0.2) is 42.5 Å². The zero-order chi connectivity index (χ0) is 20.5. The number of nitrogens with zero attached hydrogens (tertiary/aromatic N) is 2. The van der Waals surface area contributed by atoms with Gasteiger partial charge < -0.3 is 4.90 Å². The molecular formula is C21H25ClN2O3S. The summed E-state index contributed by atoms with van der Waals surface area (Å²) in [5.74, 6) is -0.211. The van der Waals surface area contributed by atoms with Crippen molar-refractivity contribution in [2.24, 2.45) is 0 Å². The molecule has 0 aliphatic carbocycles. The summed E-state index contributed by atoms with van der Waals surface area (Å²) in [4.78, 5) is 15.2. The third-order valence-corrected chi connectivity index (χ3v) is 6.69. The molecule has 0 spiro atoms. The van der Waals surface area contributed by atoms with Gasteiger partial charge in [-0.1, -0.05) is 42.8 Å². The van der Waals surface area contributed by atoms with E-state index < -0.39 is 16.1 Å². The van der Waals surface area contributed by atoms with Crippen LogP contribution in [0.3, 0.4) is 0 Å². The Bertz CT molecular complexity index is 991. The first-order valence-corrected chi connectivity index (χ1v) is 11.6. The number of hydrogen-bond acceptors (Lipinski definition) is 3. The molecule has 0 saturated carbocycles. The summed E-state index contributed by atoms with van der Waals surface area (Å²) >= 11 is 6.23. The Morgan fingerprint density at radius 3 is 2.61 bits per heavy atom. The van der Waals surface area contributed by atoms with Crippen molar-refractivity contribution in [3.63, 3.8) is 0 Å². The van der Waals surface area contributed by atoms with Crippen molar-refractivity contribution < 1.29 is 13.2 Å². The van der Waals surface area contributed by atoms with Gasteiger partial charge in [-0.05, 0) is 55.5 Å². The lowest BCUT2D eigenvalue weighted by atomic mass is 10.0. The van der Waals surface area contributed by atoms with Crippen molar-refractivity contribution in [1.82, 2.24) is 0 Å². The second kappa shape index (κ2) is 8.13. The molecular weight excluding hydrogens is 396 g/mol. The SMILES string of the molecule is CCC(C(=O)N1CCCc2ccccc21)N(c1ccc(C)c(Cl)c1)S(C)(=O)=O. The molecule has 1 aliphatic heterocycles. The van der Waals surface area contributed by atoms with E-state index in [0.29, 0.717) is 23.7 Å². The average Bonchev–Trinajstić information content (AvgIpc) is 2.66. The van der Waals surface area contributed by atoms with Gasteiger partial charge in [-0.15, -0.1) is 0 Å². The molecule has 0 fully saturated rings. The zero-order valence-electron chi connectivity index (χ0n) is 16.4. The third-order valence-electron chi connectivity index (χ3n) is 5.10. The first kappa shape index (κ1) is 20.7. The fourth-order valence-electron chi connectivity index (χ4n) is 3.70. The molecule has 0 radical (unpaired) electrons. The van der Waals surface area contributed by atoms with Crippen molar-refractivity contribution in [2.45, 2.75) is 39.2 Å². The molecule has 0 aromatic heterocycles. The predicted octanol–water partition coefficient (Wildman–Crippen LogP) is 4.17. The Kier molecular flexibility index (Phi) is 6.01. The van der Waals surface area contributed by atoms with E-state index in [-0.39, 0.29) is 5.91 Å². The summed E-state index contributed by atoms with van der Waals surface area (Å²) < 4.78 is 26.6. The molecule has 1 unspecified atom stereocenters. The molecule has 3 rings (SSSR count). The summed E-state index contributed by atoms with van der Waals surface area (Å²) in [5, 5.41) is 0.469. The number of benzene rings is 2. The van der Waals surface area contributed by atoms with E-state index in [1.807, 2.05) is 38.1 Å². The van der Waals surface area contributed by atoms with Crippen LogP contribution in [0.2, 0.25) is 5.02 Å². The van der Waals surface area contributed by atoms with Crippen molar-refractivity contribution in [3.8, 4) is 0 Å². The third kappa shape index (κ3) is 4.03. The predicted molar refractivity (Wildman–Crippen MR) is 115 cm³/mol. The minimum absolute atomic E-state index is 0.211. The van der Waals surface area contributed by atoms with Gasteiger partial charge in [0.1, 0.15) is 6.04 Å². The smallest absolute Gasteiger partial charge is 0.250 e. The maximum absolute atomic E-state index is 13.5. The Hall–Kier alpha value is -2.05. The number of sulfonamides is 1. The fraction of sp³-hybridized carbons (Fsp3) is 0.381. The van der Waals surface area contributed by atoms with Crippen molar-refractivity contribution in [1.29, 1.82) is 0 Å². The quantitative estimate of drug-likeness (QED) is 0.729. The summed E-state index contributed by atoms with van der Waals surface area (Å²) in [6.45, 7) is 4.26. The van der Waals surface area contributed by atoms with Gasteiger partial charge in [0.15, 0.2) is 0 Å². The van der Waals surface area contributed by atoms with Crippen LogP contribution in [0.25, 0.3) is 0 Å². The number of amides is 1. The van der Waals surface area contributed by atoms with Crippen LogP contribution in [-0.4, -0.2) is 33.2 Å². The molecule has 0 saturated heterocycles. The van der Waals surface area contributed by atoms with Gasteiger partial charge in [-0.2, -0.15) is 0 Å². The molecule has 0 N–H and O–H groups in total. The summed E-state index contributed by atoms with van der Waals surface area (Å²) in [6.07, 6.45) is 3.26. The first-order valence-electron chi connectivity index (χ1n) is 9.39. The number of carbonyl (C=O) groups excluding carboxylic acids is 1. The fourth-order valence-corrected chi connectivity index (χ4v) is 5.08. The number of halogens is 1. The number of fused-ring (bicyclic) bond motifs is 1. The summed E-state index contributed by atoms with van der Waals surface area (Å²) in [6, 6.07) is 12.0. The molecule has 2 aromatic rings. The number of anilines is 2. The lowest BCUT2D eigenvalue weighted by Crippen LogP contribution is -2.52. The van der Waals surface area contributed by atoms with Gasteiger partial charge in [-0.25, -0.2) is 8.42 Å². The first-order chi connectivity index (χ1) is 13.2. The molecule has 150 valence electrons. The Morgan fingerprint density at radius 2 is 1.96 bits per heavy atom. The molecule has 1 amide bonds. The number of para-hydroxylation sites is 1. The molecule has 0 bridgehead atoms. The molecule has 1 heterocycles. The van der Waals surface area contributed by atoms with Crippen molar-refractivity contribution in [3.05, 3.63) is 58.6 Å². The van der Waals surface area contributed by atoms with Gasteiger partial charge in [-0.3, -0.25) is 9.10 Å². The van der Waals surface area contributed by atoms with Gasteiger partial charge in [0, 0.05) is 17.3 Å². The van der Waals surface area contributed by atoms with Crippen molar-refractivity contribution >= 4 is 38.9 Å². The largest absolute Gasteiger partial charge is 0.310 e. The van der Waals surface area contributed by atoms with Crippen LogP contribution in [0.4, 0.5) is 11.4 Å². The monoisotopic (exact) mass is 420 g/mol. The number of aryl methyl sites for hydroxylation is 2. The van der Waals surface area contributed by atoms with Crippen LogP contribution in [-0.2, 0) is 21.2 Å². The molecule has 28 heavy (non-hydrogen) atoms. The van der Waals surface area contributed by atoms with Gasteiger partial charge in [0.2, 0.25) is 10.0 Å². The van der Waals surface area contributed by atoms with Crippen LogP contribution < -0.4 is 9.21 Å². The zero-order valence-corrected chi connectivity index (χ0v) is 17.9. The highest BCUT2D eigenvalue weighted by Gasteiger charge is 2.36. The minimum atomic E-state index is -3.69. The summed E-state index contributed by atoms with van der Waals surface area (Å²) in [7, 11) is -3.69. The van der Waals surface area contributed by atoms with E-state index in [9.17, 15) is 13.2 Å². The van der Waals surface area contributed by atoms with Gasteiger partial charge >= 0.3 is 0 Å². The van der Waals surface area contributed by atoms with Crippen LogP contribution in [0, 0.1) is 6.92 Å². The maximum Gasteiger partial charge on any atom is 0.250 e. The average molecular weight is 421 g/mol. The van der Waals surface area contributed by atoms with E-state index in [1.165, 1.54) is 4.31 Å². The Labute approximate surface area is 172 Å². The van der Waals surface area contributed by atoms with Gasteiger partial charge in [0.25, 0.3) is 5.91 Å². The lowest BCUT2D eigenvalue weighted by molar-refractivity contribution is -0.119. The topological polar surface area (TPSA) is 57.7 Å². The highest BCUT2D eigenvalue weighted by Crippen LogP contribution is 2.31. The number of hydrogen-bond donors (Lipinski definition) is 0. The number of rotatable bonds is 5. The van der Waals surface area contributed by atoms with E-state index in [1.54, 1.807) is 23.1 Å². The van der Waals surface area contributed by atoms with E-state index in [4.69, 9.17) is 11.6 Å². The highest BCUT2D eigenvalue weighted by molar-refractivity contribution is 7.92. The van der Waals surface area contributed by atoms with Crippen molar-refractivity contribution in [2.75, 3.05) is 22.0 Å². The molecule has 1 atom stereocenters. The molecule has 7 heteroatoms. The molecule has 5 nitrogen and oxygen atoms in total. The summed E-state index contributed by atoms with van der Waals surface area (Å²) in [5.41, 5.74) is 3.24. The number of carbonyl (C=O) groups is 1. The Morgan fingerprint density at radius 1 is 1.25 bits per heavy atom. The highest BCUT2D eigenvalue weighted by atomic mass is 35.5. The van der Waals surface area contributed by atoms with E-state index in [0.717, 1.165) is 35.9 Å². The standard InChI is InChI=1S/C21H25ClN2O3S/c1-4-19(21(25)23-13-7-9-16-8-5-6-10-20(16)23)24(28(3,26)27)17-12-11-15(2)18(22)14-17/h5-6,8,10-12,14,19H,4,7,9,13H2,1-3H3. The Balaban J connectivity index is 2.04. The molecule has 2 aromatic carbocycles. The van der Waals surface area contributed by atoms with Crippen LogP contribution in [0.1, 0.15) is 30.9 Å². The maximum atomic E-state index is 13.5. The van der Waals surface area contributed by atoms with Crippen LogP contribution >= 0.6 is 11.6 Å². The van der Waals surface area contributed by atoms with Gasteiger partial charge in [0.05, 0.1) is 11.9 Å². The van der Waals surface area contributed by atoms with E-state index >= 15 is 0 Å². The normalized spacial score (nSPS) is 15.1. The molecule has 1 aliphatic rings. The lowest BCUT2D eigenvalue weighted by Gasteiger charge is -2.36. The van der Waals surface area contributed by atoms with E-state index in [2.05, 4.69) is 0 Å².